The normalized spacial score (nSPS) is 16.0. The highest BCUT2D eigenvalue weighted by molar-refractivity contribution is 5.95. The van der Waals surface area contributed by atoms with Crippen LogP contribution in [-0.2, 0) is 0 Å². The summed E-state index contributed by atoms with van der Waals surface area (Å²) in [4.78, 5) is 12.3. The average Bonchev–Trinajstić information content (AvgIpc) is 2.64. The Morgan fingerprint density at radius 3 is 2.31 bits per heavy atom. The lowest BCUT2D eigenvalue weighted by molar-refractivity contribution is -0.0300. The van der Waals surface area contributed by atoms with Crippen molar-refractivity contribution in [1.82, 2.24) is 5.32 Å². The molecule has 138 valence electrons. The van der Waals surface area contributed by atoms with Crippen LogP contribution in [0.5, 0.6) is 5.75 Å². The van der Waals surface area contributed by atoms with Crippen molar-refractivity contribution in [3.05, 3.63) is 53.8 Å². The fraction of sp³-hybridized carbons (Fsp3) is 0.350. The molecule has 0 aromatic heterocycles. The molecule has 5 nitrogen and oxygen atoms in total. The van der Waals surface area contributed by atoms with Gasteiger partial charge in [-0.15, -0.1) is 0 Å². The van der Waals surface area contributed by atoms with E-state index in [1.165, 1.54) is 12.1 Å². The molecule has 0 bridgehead atoms. The summed E-state index contributed by atoms with van der Waals surface area (Å²) in [5.74, 6) is -0.364. The maximum atomic E-state index is 14.4. The van der Waals surface area contributed by atoms with Crippen LogP contribution in [0.2, 0.25) is 0 Å². The summed E-state index contributed by atoms with van der Waals surface area (Å²) in [6, 6.07) is 11.6. The molecule has 2 aromatic carbocycles. The van der Waals surface area contributed by atoms with Crippen LogP contribution in [0.4, 0.5) is 4.39 Å². The predicted molar refractivity (Wildman–Crippen MR) is 95.5 cm³/mol. The van der Waals surface area contributed by atoms with Crippen molar-refractivity contribution >= 4 is 5.91 Å². The molecule has 0 radical (unpaired) electrons. The molecular weight excluding hydrogens is 337 g/mol. The van der Waals surface area contributed by atoms with Crippen LogP contribution >= 0.6 is 0 Å². The molecule has 6 heteroatoms. The molecule has 1 aliphatic carbocycles. The lowest BCUT2D eigenvalue weighted by Crippen LogP contribution is -2.54. The Morgan fingerprint density at radius 1 is 1.15 bits per heavy atom. The van der Waals surface area contributed by atoms with Gasteiger partial charge in [0, 0.05) is 11.5 Å². The number of aliphatic hydroxyl groups is 2. The van der Waals surface area contributed by atoms with Gasteiger partial charge < -0.3 is 20.3 Å². The fourth-order valence-electron chi connectivity index (χ4n) is 3.32. The molecule has 0 heterocycles. The number of nitrogens with one attached hydrogen (secondary N) is 1. The fourth-order valence-corrected chi connectivity index (χ4v) is 3.32. The number of methoxy groups -OCH3 is 1. The summed E-state index contributed by atoms with van der Waals surface area (Å²) in [5.41, 5.74) is 0.943. The SMILES string of the molecule is COc1ccc(-c2ccc(C(=O)NC3CC(CO)(CO)C3)c(F)c2)cc1. The number of halogens is 1. The van der Waals surface area contributed by atoms with Crippen LogP contribution in [-0.4, -0.2) is 42.5 Å². The zero-order valence-electron chi connectivity index (χ0n) is 14.5. The first-order chi connectivity index (χ1) is 12.5. The highest BCUT2D eigenvalue weighted by Crippen LogP contribution is 2.40. The van der Waals surface area contributed by atoms with Gasteiger partial charge in [-0.25, -0.2) is 4.39 Å². The minimum Gasteiger partial charge on any atom is -0.497 e. The van der Waals surface area contributed by atoms with Gasteiger partial charge >= 0.3 is 0 Å². The van der Waals surface area contributed by atoms with Crippen LogP contribution in [0, 0.1) is 11.2 Å². The zero-order valence-corrected chi connectivity index (χ0v) is 14.5. The number of ether oxygens (including phenoxy) is 1. The van der Waals surface area contributed by atoms with E-state index in [1.54, 1.807) is 25.3 Å². The first-order valence-electron chi connectivity index (χ1n) is 8.47. The smallest absolute Gasteiger partial charge is 0.254 e. The number of rotatable bonds is 6. The lowest BCUT2D eigenvalue weighted by atomic mass is 9.66. The maximum absolute atomic E-state index is 14.4. The Hall–Kier alpha value is -2.44. The largest absolute Gasteiger partial charge is 0.497 e. The monoisotopic (exact) mass is 359 g/mol. The standard InChI is InChI=1S/C20H22FNO4/c1-26-16-5-2-13(3-6-16)14-4-7-17(18(21)8-14)19(25)22-15-9-20(10-15,11-23)12-24/h2-8,15,23-24H,9-12H2,1H3,(H,22,25). The molecule has 0 spiro atoms. The molecule has 1 aliphatic rings. The van der Waals surface area contributed by atoms with E-state index in [4.69, 9.17) is 4.74 Å². The Bertz CT molecular complexity index is 779. The molecule has 26 heavy (non-hydrogen) atoms. The van der Waals surface area contributed by atoms with Crippen molar-refractivity contribution < 1.29 is 24.1 Å². The number of aliphatic hydroxyl groups excluding tert-OH is 2. The average molecular weight is 359 g/mol. The Labute approximate surface area is 151 Å². The van der Waals surface area contributed by atoms with E-state index >= 15 is 0 Å². The van der Waals surface area contributed by atoms with Crippen molar-refractivity contribution in [1.29, 1.82) is 0 Å². The van der Waals surface area contributed by atoms with Crippen molar-refractivity contribution in [3.63, 3.8) is 0 Å². The predicted octanol–water partition coefficient (Wildman–Crippen LogP) is 2.36. The molecular formula is C20H22FNO4. The summed E-state index contributed by atoms with van der Waals surface area (Å²) in [5, 5.41) is 21.3. The third-order valence-electron chi connectivity index (χ3n) is 5.00. The van der Waals surface area contributed by atoms with Gasteiger partial charge in [-0.2, -0.15) is 0 Å². The van der Waals surface area contributed by atoms with Gasteiger partial charge in [0.25, 0.3) is 5.91 Å². The Balaban J connectivity index is 1.68. The van der Waals surface area contributed by atoms with Gasteiger partial charge in [-0.3, -0.25) is 4.79 Å². The molecule has 1 fully saturated rings. The topological polar surface area (TPSA) is 78.8 Å². The second kappa shape index (κ2) is 7.43. The van der Waals surface area contributed by atoms with E-state index in [1.807, 2.05) is 12.1 Å². The van der Waals surface area contributed by atoms with Gasteiger partial charge in [-0.05, 0) is 48.2 Å². The molecule has 0 aliphatic heterocycles. The highest BCUT2D eigenvalue weighted by atomic mass is 19.1. The molecule has 0 atom stereocenters. The number of hydrogen-bond acceptors (Lipinski definition) is 4. The highest BCUT2D eigenvalue weighted by Gasteiger charge is 2.44. The van der Waals surface area contributed by atoms with E-state index in [0.29, 0.717) is 24.2 Å². The number of hydrogen-bond donors (Lipinski definition) is 3. The van der Waals surface area contributed by atoms with Crippen LogP contribution in [0.25, 0.3) is 11.1 Å². The molecule has 3 rings (SSSR count). The third-order valence-corrected chi connectivity index (χ3v) is 5.00. The van der Waals surface area contributed by atoms with Crippen molar-refractivity contribution in [2.24, 2.45) is 5.41 Å². The molecule has 2 aromatic rings. The lowest BCUT2D eigenvalue weighted by Gasteiger charge is -2.45. The van der Waals surface area contributed by atoms with Crippen LogP contribution in [0.1, 0.15) is 23.2 Å². The number of carbonyl (C=O) groups is 1. The summed E-state index contributed by atoms with van der Waals surface area (Å²) in [6.07, 6.45) is 0.967. The number of carbonyl (C=O) groups excluding carboxylic acids is 1. The van der Waals surface area contributed by atoms with E-state index in [-0.39, 0.29) is 24.8 Å². The summed E-state index contributed by atoms with van der Waals surface area (Å²) >= 11 is 0. The van der Waals surface area contributed by atoms with Gasteiger partial charge in [0.15, 0.2) is 0 Å². The van der Waals surface area contributed by atoms with E-state index in [0.717, 1.165) is 5.56 Å². The second-order valence-corrected chi connectivity index (χ2v) is 6.82. The maximum Gasteiger partial charge on any atom is 0.254 e. The summed E-state index contributed by atoms with van der Waals surface area (Å²) in [7, 11) is 1.58. The van der Waals surface area contributed by atoms with Crippen LogP contribution < -0.4 is 10.1 Å². The van der Waals surface area contributed by atoms with Gasteiger partial charge in [0.1, 0.15) is 11.6 Å². The first-order valence-corrected chi connectivity index (χ1v) is 8.47. The van der Waals surface area contributed by atoms with Crippen LogP contribution in [0.15, 0.2) is 42.5 Å². The van der Waals surface area contributed by atoms with Crippen molar-refractivity contribution in [3.8, 4) is 16.9 Å². The minimum absolute atomic E-state index is 0.0206. The summed E-state index contributed by atoms with van der Waals surface area (Å²) in [6.45, 7) is -0.248. The third kappa shape index (κ3) is 3.57. The Morgan fingerprint density at radius 2 is 1.77 bits per heavy atom. The molecule has 0 unspecified atom stereocenters. The van der Waals surface area contributed by atoms with E-state index < -0.39 is 17.1 Å². The minimum atomic E-state index is -0.592. The van der Waals surface area contributed by atoms with E-state index in [9.17, 15) is 19.4 Å². The van der Waals surface area contributed by atoms with E-state index in [2.05, 4.69) is 5.32 Å². The molecule has 3 N–H and O–H groups in total. The number of amides is 1. The molecule has 1 saturated carbocycles. The van der Waals surface area contributed by atoms with Crippen LogP contribution in [0.3, 0.4) is 0 Å². The Kier molecular flexibility index (Phi) is 5.25. The number of benzene rings is 2. The van der Waals surface area contributed by atoms with Gasteiger partial charge in [-0.1, -0.05) is 18.2 Å². The van der Waals surface area contributed by atoms with Gasteiger partial charge in [0.2, 0.25) is 0 Å². The van der Waals surface area contributed by atoms with Crippen molar-refractivity contribution in [2.75, 3.05) is 20.3 Å². The molecule has 0 saturated heterocycles. The molecule has 1 amide bonds. The van der Waals surface area contributed by atoms with Crippen molar-refractivity contribution in [2.45, 2.75) is 18.9 Å². The second-order valence-electron chi connectivity index (χ2n) is 6.82. The summed E-state index contributed by atoms with van der Waals surface area (Å²) < 4.78 is 19.5. The zero-order chi connectivity index (χ0) is 18.7. The van der Waals surface area contributed by atoms with Gasteiger partial charge in [0.05, 0.1) is 25.9 Å². The first kappa shape index (κ1) is 18.4. The quantitative estimate of drug-likeness (QED) is 0.740.